The molecule has 0 fully saturated rings. The van der Waals surface area contributed by atoms with Crippen LogP contribution in [0.15, 0.2) is 6.20 Å². The number of thiazole rings is 1. The van der Waals surface area contributed by atoms with Crippen molar-refractivity contribution in [1.82, 2.24) is 4.98 Å². The second kappa shape index (κ2) is 3.66. The molecule has 0 saturated carbocycles. The molecule has 3 heteroatoms. The summed E-state index contributed by atoms with van der Waals surface area (Å²) in [7, 11) is 0. The minimum absolute atomic E-state index is 0.373. The van der Waals surface area contributed by atoms with Gasteiger partial charge in [0.2, 0.25) is 0 Å². The SMILES string of the molecule is CC(CC(C)(C)C)c1cnc(N)s1. The first-order valence-corrected chi connectivity index (χ1v) is 5.41. The Labute approximate surface area is 84.2 Å². The Morgan fingerprint density at radius 2 is 2.15 bits per heavy atom. The maximum atomic E-state index is 5.59. The van der Waals surface area contributed by atoms with Crippen LogP contribution in [-0.2, 0) is 0 Å². The van der Waals surface area contributed by atoms with Gasteiger partial charge in [-0.1, -0.05) is 27.7 Å². The van der Waals surface area contributed by atoms with E-state index in [1.165, 1.54) is 11.3 Å². The van der Waals surface area contributed by atoms with E-state index in [4.69, 9.17) is 5.73 Å². The standard InChI is InChI=1S/C10H18N2S/c1-7(5-10(2,3)4)8-6-12-9(11)13-8/h6-7H,5H2,1-4H3,(H2,11,12). The summed E-state index contributed by atoms with van der Waals surface area (Å²) in [4.78, 5) is 5.36. The van der Waals surface area contributed by atoms with Crippen LogP contribution in [0.4, 0.5) is 5.13 Å². The highest BCUT2D eigenvalue weighted by Gasteiger charge is 2.17. The Kier molecular flexibility index (Phi) is 2.96. The van der Waals surface area contributed by atoms with Gasteiger partial charge in [-0.2, -0.15) is 0 Å². The summed E-state index contributed by atoms with van der Waals surface area (Å²) in [5, 5.41) is 0.677. The largest absolute Gasteiger partial charge is 0.375 e. The predicted molar refractivity (Wildman–Crippen MR) is 59.0 cm³/mol. The van der Waals surface area contributed by atoms with E-state index in [-0.39, 0.29) is 0 Å². The molecule has 0 aliphatic rings. The molecule has 0 amide bonds. The molecule has 2 nitrogen and oxygen atoms in total. The molecule has 2 N–H and O–H groups in total. The molecule has 0 bridgehead atoms. The van der Waals surface area contributed by atoms with E-state index >= 15 is 0 Å². The van der Waals surface area contributed by atoms with Crippen LogP contribution < -0.4 is 5.73 Å². The van der Waals surface area contributed by atoms with Gasteiger partial charge in [0.25, 0.3) is 0 Å². The molecule has 0 aliphatic carbocycles. The average molecular weight is 198 g/mol. The van der Waals surface area contributed by atoms with Crippen LogP contribution in [0.3, 0.4) is 0 Å². The third-order valence-electron chi connectivity index (χ3n) is 1.95. The van der Waals surface area contributed by atoms with Crippen molar-refractivity contribution in [3.63, 3.8) is 0 Å². The van der Waals surface area contributed by atoms with Crippen molar-refractivity contribution >= 4 is 16.5 Å². The van der Waals surface area contributed by atoms with Gasteiger partial charge in [0.1, 0.15) is 0 Å². The van der Waals surface area contributed by atoms with Crippen molar-refractivity contribution in [1.29, 1.82) is 0 Å². The smallest absolute Gasteiger partial charge is 0.180 e. The van der Waals surface area contributed by atoms with E-state index in [1.54, 1.807) is 11.3 Å². The lowest BCUT2D eigenvalue weighted by Gasteiger charge is -2.21. The summed E-state index contributed by atoms with van der Waals surface area (Å²) in [6.45, 7) is 9.01. The molecular formula is C10H18N2S. The number of anilines is 1. The van der Waals surface area contributed by atoms with Gasteiger partial charge < -0.3 is 5.73 Å². The molecule has 1 aromatic heterocycles. The first-order chi connectivity index (χ1) is 5.88. The van der Waals surface area contributed by atoms with E-state index < -0.39 is 0 Å². The number of hydrogen-bond donors (Lipinski definition) is 1. The van der Waals surface area contributed by atoms with Crippen LogP contribution in [0.1, 0.15) is 44.9 Å². The molecule has 1 atom stereocenters. The third-order valence-corrected chi connectivity index (χ3v) is 3.00. The van der Waals surface area contributed by atoms with E-state index in [1.807, 2.05) is 6.20 Å². The van der Waals surface area contributed by atoms with Gasteiger partial charge in [0.15, 0.2) is 5.13 Å². The van der Waals surface area contributed by atoms with Crippen LogP contribution in [-0.4, -0.2) is 4.98 Å². The average Bonchev–Trinajstić information content (AvgIpc) is 2.31. The van der Waals surface area contributed by atoms with Gasteiger partial charge in [-0.05, 0) is 17.8 Å². The van der Waals surface area contributed by atoms with Gasteiger partial charge in [-0.15, -0.1) is 11.3 Å². The molecule has 1 unspecified atom stereocenters. The lowest BCUT2D eigenvalue weighted by Crippen LogP contribution is -2.08. The maximum absolute atomic E-state index is 5.59. The Morgan fingerprint density at radius 1 is 1.54 bits per heavy atom. The molecule has 0 saturated heterocycles. The Morgan fingerprint density at radius 3 is 2.54 bits per heavy atom. The molecule has 13 heavy (non-hydrogen) atoms. The van der Waals surface area contributed by atoms with Crippen molar-refractivity contribution < 1.29 is 0 Å². The van der Waals surface area contributed by atoms with E-state index in [2.05, 4.69) is 32.7 Å². The van der Waals surface area contributed by atoms with Crippen LogP contribution in [0.25, 0.3) is 0 Å². The summed E-state index contributed by atoms with van der Waals surface area (Å²) in [6, 6.07) is 0. The minimum Gasteiger partial charge on any atom is -0.375 e. The molecule has 1 heterocycles. The van der Waals surface area contributed by atoms with Crippen LogP contribution in [0.2, 0.25) is 0 Å². The molecular weight excluding hydrogens is 180 g/mol. The van der Waals surface area contributed by atoms with E-state index in [9.17, 15) is 0 Å². The normalized spacial score (nSPS) is 14.5. The van der Waals surface area contributed by atoms with Crippen molar-refractivity contribution in [2.45, 2.75) is 40.0 Å². The number of rotatable bonds is 2. The zero-order valence-corrected chi connectivity index (χ0v) is 9.61. The van der Waals surface area contributed by atoms with E-state index in [0.717, 1.165) is 0 Å². The fourth-order valence-corrected chi connectivity index (χ4v) is 2.28. The molecule has 0 radical (unpaired) electrons. The minimum atomic E-state index is 0.373. The summed E-state index contributed by atoms with van der Waals surface area (Å²) in [5.41, 5.74) is 5.96. The van der Waals surface area contributed by atoms with Crippen LogP contribution >= 0.6 is 11.3 Å². The summed E-state index contributed by atoms with van der Waals surface area (Å²) in [5.74, 6) is 0.565. The molecule has 1 aromatic rings. The summed E-state index contributed by atoms with van der Waals surface area (Å²) in [6.07, 6.45) is 3.07. The van der Waals surface area contributed by atoms with Crippen molar-refractivity contribution in [3.8, 4) is 0 Å². The molecule has 0 aliphatic heterocycles. The fourth-order valence-electron chi connectivity index (χ4n) is 1.55. The quantitative estimate of drug-likeness (QED) is 0.792. The highest BCUT2D eigenvalue weighted by molar-refractivity contribution is 7.15. The topological polar surface area (TPSA) is 38.9 Å². The number of nitrogens with zero attached hydrogens (tertiary/aromatic N) is 1. The van der Waals surface area contributed by atoms with E-state index in [0.29, 0.717) is 16.5 Å². The highest BCUT2D eigenvalue weighted by Crippen LogP contribution is 2.33. The number of nitrogen functional groups attached to an aromatic ring is 1. The lowest BCUT2D eigenvalue weighted by atomic mass is 9.85. The first kappa shape index (κ1) is 10.5. The van der Waals surface area contributed by atoms with Crippen LogP contribution in [0, 0.1) is 5.41 Å². The van der Waals surface area contributed by atoms with Gasteiger partial charge in [0, 0.05) is 11.1 Å². The number of hydrogen-bond acceptors (Lipinski definition) is 3. The zero-order valence-electron chi connectivity index (χ0n) is 8.79. The summed E-state index contributed by atoms with van der Waals surface area (Å²) >= 11 is 1.60. The first-order valence-electron chi connectivity index (χ1n) is 4.60. The molecule has 74 valence electrons. The highest BCUT2D eigenvalue weighted by atomic mass is 32.1. The monoisotopic (exact) mass is 198 g/mol. The second-order valence-electron chi connectivity index (χ2n) is 4.77. The Hall–Kier alpha value is -0.570. The Balaban J connectivity index is 2.64. The zero-order chi connectivity index (χ0) is 10.1. The van der Waals surface area contributed by atoms with Gasteiger partial charge in [0.05, 0.1) is 0 Å². The van der Waals surface area contributed by atoms with Gasteiger partial charge in [-0.25, -0.2) is 4.98 Å². The molecule has 1 rings (SSSR count). The second-order valence-corrected chi connectivity index (χ2v) is 5.86. The predicted octanol–water partition coefficient (Wildman–Crippen LogP) is 3.27. The maximum Gasteiger partial charge on any atom is 0.180 e. The van der Waals surface area contributed by atoms with Gasteiger partial charge in [-0.3, -0.25) is 0 Å². The van der Waals surface area contributed by atoms with Crippen molar-refractivity contribution in [2.24, 2.45) is 5.41 Å². The Bertz CT molecular complexity index is 273. The molecule has 0 aromatic carbocycles. The lowest BCUT2D eigenvalue weighted by molar-refractivity contribution is 0.350. The third kappa shape index (κ3) is 3.35. The molecule has 0 spiro atoms. The van der Waals surface area contributed by atoms with Crippen molar-refractivity contribution in [3.05, 3.63) is 11.1 Å². The van der Waals surface area contributed by atoms with Gasteiger partial charge >= 0.3 is 0 Å². The fraction of sp³-hybridized carbons (Fsp3) is 0.700. The number of nitrogens with two attached hydrogens (primary N) is 1. The summed E-state index contributed by atoms with van der Waals surface area (Å²) < 4.78 is 0. The van der Waals surface area contributed by atoms with Crippen molar-refractivity contribution in [2.75, 3.05) is 5.73 Å². The number of aromatic nitrogens is 1. The van der Waals surface area contributed by atoms with Crippen LogP contribution in [0.5, 0.6) is 0 Å².